The van der Waals surface area contributed by atoms with Gasteiger partial charge in [-0.3, -0.25) is 0 Å². The molecule has 0 spiro atoms. The quantitative estimate of drug-likeness (QED) is 0.433. The highest BCUT2D eigenvalue weighted by Gasteiger charge is 2.47. The topological polar surface area (TPSA) is 67.0 Å². The van der Waals surface area contributed by atoms with Gasteiger partial charge >= 0.3 is 11.3 Å². The molecule has 0 radical (unpaired) electrons. The Balaban J connectivity index is 2.74. The fourth-order valence-corrected chi connectivity index (χ4v) is 2.82. The molecule has 0 bridgehead atoms. The molecule has 1 heterocycles. The van der Waals surface area contributed by atoms with Crippen molar-refractivity contribution in [3.8, 4) is 0 Å². The fraction of sp³-hybridized carbons (Fsp3) is 0.818. The standard InChI is InChI=1S/C11H18F3N2O3S/c1-15-10(16(2)3)20-8-5-6(17)4-7(19-8)9(18)11(12,13)14/h6-9,17-18H,1,4-5H2,2-3H3/q+1. The first kappa shape index (κ1) is 17.3. The van der Waals surface area contributed by atoms with E-state index in [2.05, 4.69) is 11.4 Å². The van der Waals surface area contributed by atoms with E-state index >= 15 is 0 Å². The van der Waals surface area contributed by atoms with Crippen molar-refractivity contribution in [1.29, 1.82) is 0 Å². The summed E-state index contributed by atoms with van der Waals surface area (Å²) in [5.74, 6) is 0. The smallest absolute Gasteiger partial charge is 0.393 e. The van der Waals surface area contributed by atoms with Gasteiger partial charge < -0.3 is 14.9 Å². The van der Waals surface area contributed by atoms with Gasteiger partial charge in [-0.1, -0.05) is 0 Å². The molecule has 0 amide bonds. The van der Waals surface area contributed by atoms with E-state index in [-0.39, 0.29) is 12.8 Å². The molecule has 9 heteroatoms. The predicted octanol–water partition coefficient (Wildman–Crippen LogP) is 0.194. The third-order valence-corrected chi connectivity index (χ3v) is 4.01. The lowest BCUT2D eigenvalue weighted by Crippen LogP contribution is -2.48. The van der Waals surface area contributed by atoms with Crippen LogP contribution in [0.5, 0.6) is 0 Å². The van der Waals surface area contributed by atoms with Crippen LogP contribution >= 0.6 is 11.8 Å². The zero-order valence-electron chi connectivity index (χ0n) is 11.2. The van der Waals surface area contributed by atoms with Crippen LogP contribution in [0.1, 0.15) is 12.8 Å². The monoisotopic (exact) mass is 315 g/mol. The minimum absolute atomic E-state index is 0.165. The molecule has 0 aromatic rings. The SMILES string of the molecule is C=[N+]=C(SC1CC(O)CC(C(O)C(F)(F)F)O1)N(C)C. The normalized spacial score (nSPS) is 28.6. The first-order valence-electron chi connectivity index (χ1n) is 5.91. The van der Waals surface area contributed by atoms with E-state index in [1.807, 2.05) is 0 Å². The van der Waals surface area contributed by atoms with Crippen LogP contribution in [0.4, 0.5) is 13.2 Å². The molecule has 2 N–H and O–H groups in total. The van der Waals surface area contributed by atoms with E-state index in [0.717, 1.165) is 11.8 Å². The van der Waals surface area contributed by atoms with Gasteiger partial charge in [0.25, 0.3) is 0 Å². The summed E-state index contributed by atoms with van der Waals surface area (Å²) in [7, 11) is 3.41. The maximum atomic E-state index is 12.5. The summed E-state index contributed by atoms with van der Waals surface area (Å²) >= 11 is 1.06. The summed E-state index contributed by atoms with van der Waals surface area (Å²) in [6.45, 7) is 3.36. The summed E-state index contributed by atoms with van der Waals surface area (Å²) in [5, 5.41) is 19.3. The van der Waals surface area contributed by atoms with E-state index in [9.17, 15) is 23.4 Å². The zero-order valence-corrected chi connectivity index (χ0v) is 12.0. The first-order chi connectivity index (χ1) is 9.15. The number of aliphatic hydroxyl groups excluding tert-OH is 2. The van der Waals surface area contributed by atoms with Crippen LogP contribution in [0.15, 0.2) is 0 Å². The molecular weight excluding hydrogens is 297 g/mol. The number of alkyl halides is 3. The van der Waals surface area contributed by atoms with Gasteiger partial charge in [0, 0.05) is 24.6 Å². The van der Waals surface area contributed by atoms with Gasteiger partial charge in [0.2, 0.25) is 0 Å². The third-order valence-electron chi connectivity index (χ3n) is 2.74. The van der Waals surface area contributed by atoms with Gasteiger partial charge in [-0.25, -0.2) is 9.57 Å². The number of rotatable bonds is 2. The van der Waals surface area contributed by atoms with Crippen LogP contribution < -0.4 is 4.67 Å². The van der Waals surface area contributed by atoms with Gasteiger partial charge in [-0.2, -0.15) is 13.2 Å². The Bertz CT molecular complexity index is 386. The van der Waals surface area contributed by atoms with Gasteiger partial charge in [-0.05, 0) is 0 Å². The van der Waals surface area contributed by atoms with Gasteiger partial charge in [0.05, 0.1) is 26.3 Å². The fourth-order valence-electron chi connectivity index (χ4n) is 1.78. The van der Waals surface area contributed by atoms with Crippen molar-refractivity contribution in [2.45, 2.75) is 42.8 Å². The average molecular weight is 315 g/mol. The second-order valence-corrected chi connectivity index (χ2v) is 5.80. The molecule has 0 aliphatic carbocycles. The molecule has 1 aliphatic rings. The Morgan fingerprint density at radius 2 is 2.05 bits per heavy atom. The highest BCUT2D eigenvalue weighted by Crippen LogP contribution is 2.34. The molecule has 1 rings (SSSR count). The summed E-state index contributed by atoms with van der Waals surface area (Å²) in [5.41, 5.74) is -0.719. The Morgan fingerprint density at radius 3 is 2.50 bits per heavy atom. The predicted molar refractivity (Wildman–Crippen MR) is 71.5 cm³/mol. The lowest BCUT2D eigenvalue weighted by molar-refractivity contribution is -0.248. The van der Waals surface area contributed by atoms with Crippen LogP contribution in [0.2, 0.25) is 0 Å². The van der Waals surface area contributed by atoms with E-state index in [1.54, 1.807) is 19.0 Å². The van der Waals surface area contributed by atoms with E-state index in [0.29, 0.717) is 5.17 Å². The van der Waals surface area contributed by atoms with Crippen molar-refractivity contribution in [2.75, 3.05) is 14.1 Å². The van der Waals surface area contributed by atoms with Crippen LogP contribution in [0, 0.1) is 0 Å². The largest absolute Gasteiger partial charge is 0.416 e. The van der Waals surface area contributed by atoms with E-state index in [4.69, 9.17) is 4.74 Å². The Morgan fingerprint density at radius 1 is 1.45 bits per heavy atom. The highest BCUT2D eigenvalue weighted by molar-refractivity contribution is 8.14. The molecule has 0 saturated carbocycles. The molecule has 5 nitrogen and oxygen atoms in total. The molecule has 0 aromatic carbocycles. The number of aliphatic hydroxyl groups is 2. The molecule has 0 aromatic heterocycles. The van der Waals surface area contributed by atoms with Crippen molar-refractivity contribution in [3.63, 3.8) is 0 Å². The minimum Gasteiger partial charge on any atom is -0.393 e. The molecule has 20 heavy (non-hydrogen) atoms. The second-order valence-electron chi connectivity index (χ2n) is 4.67. The van der Waals surface area contributed by atoms with Crippen molar-refractivity contribution in [2.24, 2.45) is 0 Å². The Kier molecular flexibility index (Phi) is 5.91. The summed E-state index contributed by atoms with van der Waals surface area (Å²) in [4.78, 5) is 1.64. The molecule has 1 saturated heterocycles. The summed E-state index contributed by atoms with van der Waals surface area (Å²) < 4.78 is 46.4. The van der Waals surface area contributed by atoms with Crippen LogP contribution in [-0.4, -0.2) is 71.0 Å². The Labute approximate surface area is 119 Å². The molecule has 116 valence electrons. The summed E-state index contributed by atoms with van der Waals surface area (Å²) in [6, 6.07) is 0. The average Bonchev–Trinajstić information content (AvgIpc) is 2.32. The van der Waals surface area contributed by atoms with Crippen molar-refractivity contribution < 1.29 is 28.1 Å². The van der Waals surface area contributed by atoms with Crippen molar-refractivity contribution >= 4 is 23.6 Å². The maximum absolute atomic E-state index is 12.5. The molecule has 4 unspecified atom stereocenters. The van der Waals surface area contributed by atoms with E-state index in [1.165, 1.54) is 0 Å². The lowest BCUT2D eigenvalue weighted by atomic mass is 10.0. The number of thioether (sulfide) groups is 1. The number of nitrogens with zero attached hydrogens (tertiary/aromatic N) is 2. The zero-order chi connectivity index (χ0) is 15.5. The molecular formula is C11H18F3N2O3S+. The number of halogens is 3. The van der Waals surface area contributed by atoms with Gasteiger partial charge in [0.15, 0.2) is 12.8 Å². The first-order valence-corrected chi connectivity index (χ1v) is 6.79. The van der Waals surface area contributed by atoms with Crippen molar-refractivity contribution in [1.82, 2.24) is 9.57 Å². The number of hydrogen-bond acceptors (Lipinski definition) is 4. The number of amidine groups is 1. The number of ether oxygens (including phenoxy) is 1. The molecule has 4 atom stereocenters. The molecule has 1 fully saturated rings. The van der Waals surface area contributed by atoms with Crippen LogP contribution in [0.3, 0.4) is 0 Å². The van der Waals surface area contributed by atoms with Crippen molar-refractivity contribution in [3.05, 3.63) is 0 Å². The lowest BCUT2D eigenvalue weighted by Gasteiger charge is -2.35. The number of hydrogen-bond donors (Lipinski definition) is 2. The summed E-state index contributed by atoms with van der Waals surface area (Å²) in [6.07, 6.45) is -9.92. The van der Waals surface area contributed by atoms with Crippen LogP contribution in [0.25, 0.3) is 0 Å². The highest BCUT2D eigenvalue weighted by atomic mass is 32.2. The minimum atomic E-state index is -4.78. The third kappa shape index (κ3) is 4.68. The second kappa shape index (κ2) is 6.82. The van der Waals surface area contributed by atoms with Crippen LogP contribution in [-0.2, 0) is 4.74 Å². The van der Waals surface area contributed by atoms with E-state index < -0.39 is 29.9 Å². The maximum Gasteiger partial charge on any atom is 0.416 e. The van der Waals surface area contributed by atoms with Gasteiger partial charge in [0.1, 0.15) is 5.44 Å². The Hall–Kier alpha value is -0.730. The molecule has 1 aliphatic heterocycles. The van der Waals surface area contributed by atoms with Gasteiger partial charge in [-0.15, -0.1) is 0 Å².